The second-order valence-corrected chi connectivity index (χ2v) is 8.22. The number of anilines is 2. The van der Waals surface area contributed by atoms with Gasteiger partial charge in [0, 0.05) is 29.1 Å². The van der Waals surface area contributed by atoms with Gasteiger partial charge in [-0.25, -0.2) is 0 Å². The maximum Gasteiger partial charge on any atom is 0.271 e. The number of hydrogen-bond donors (Lipinski definition) is 2. The van der Waals surface area contributed by atoms with Crippen LogP contribution < -0.4 is 10.6 Å². The summed E-state index contributed by atoms with van der Waals surface area (Å²) in [7, 11) is 0. The highest BCUT2D eigenvalue weighted by Crippen LogP contribution is 2.29. The predicted molar refractivity (Wildman–Crippen MR) is 121 cm³/mol. The minimum atomic E-state index is -0.485. The molecule has 0 saturated carbocycles. The standard InChI is InChI=1S/C22H27N3O4S/c1-4-6-10-21(26)23-16-8-7-9-18(13-16)30-20(5-2)22(27)24-19-14-17(25(28)29)12-11-15(19)3/h7-9,11-14,20H,4-6,10H2,1-3H3,(H,23,26)(H,24,27). The van der Waals surface area contributed by atoms with Crippen molar-refractivity contribution in [1.82, 2.24) is 0 Å². The smallest absolute Gasteiger partial charge is 0.271 e. The van der Waals surface area contributed by atoms with Gasteiger partial charge in [0.1, 0.15) is 0 Å². The fourth-order valence-corrected chi connectivity index (χ4v) is 3.78. The van der Waals surface area contributed by atoms with Crippen molar-refractivity contribution in [3.8, 4) is 0 Å². The number of hydrogen-bond acceptors (Lipinski definition) is 5. The van der Waals surface area contributed by atoms with Crippen LogP contribution in [0.15, 0.2) is 47.4 Å². The molecule has 1 unspecified atom stereocenters. The Kier molecular flexibility index (Phi) is 8.86. The van der Waals surface area contributed by atoms with Crippen LogP contribution in [0.3, 0.4) is 0 Å². The number of carbonyl (C=O) groups excluding carboxylic acids is 2. The van der Waals surface area contributed by atoms with E-state index in [-0.39, 0.29) is 22.8 Å². The van der Waals surface area contributed by atoms with Gasteiger partial charge in [-0.1, -0.05) is 32.4 Å². The molecule has 0 aliphatic heterocycles. The van der Waals surface area contributed by atoms with Gasteiger partial charge in [-0.3, -0.25) is 19.7 Å². The Hall–Kier alpha value is -2.87. The quantitative estimate of drug-likeness (QED) is 0.293. The van der Waals surface area contributed by atoms with Crippen molar-refractivity contribution >= 4 is 40.6 Å². The molecule has 0 radical (unpaired) electrons. The van der Waals surface area contributed by atoms with Crippen molar-refractivity contribution in [2.75, 3.05) is 10.6 Å². The van der Waals surface area contributed by atoms with E-state index in [1.807, 2.05) is 38.1 Å². The Morgan fingerprint density at radius 1 is 1.13 bits per heavy atom. The molecule has 2 rings (SSSR count). The average Bonchev–Trinajstić information content (AvgIpc) is 2.72. The summed E-state index contributed by atoms with van der Waals surface area (Å²) >= 11 is 1.39. The number of unbranched alkanes of at least 4 members (excludes halogenated alkanes) is 1. The summed E-state index contributed by atoms with van der Waals surface area (Å²) in [5.41, 5.74) is 1.82. The van der Waals surface area contributed by atoms with E-state index < -0.39 is 4.92 Å². The van der Waals surface area contributed by atoms with E-state index in [2.05, 4.69) is 10.6 Å². The number of benzene rings is 2. The first kappa shape index (κ1) is 23.4. The van der Waals surface area contributed by atoms with Crippen LogP contribution in [-0.4, -0.2) is 22.0 Å². The minimum Gasteiger partial charge on any atom is -0.326 e. The van der Waals surface area contributed by atoms with Crippen molar-refractivity contribution in [3.05, 3.63) is 58.1 Å². The first-order chi connectivity index (χ1) is 14.3. The number of nitro groups is 1. The Morgan fingerprint density at radius 3 is 2.57 bits per heavy atom. The number of aryl methyl sites for hydroxylation is 1. The number of carbonyl (C=O) groups is 2. The second-order valence-electron chi connectivity index (χ2n) is 6.94. The van der Waals surface area contributed by atoms with Crippen LogP contribution in [0.1, 0.15) is 45.1 Å². The van der Waals surface area contributed by atoms with Crippen molar-refractivity contribution in [2.45, 2.75) is 56.6 Å². The summed E-state index contributed by atoms with van der Waals surface area (Å²) in [6, 6.07) is 11.8. The molecule has 2 amide bonds. The Balaban J connectivity index is 2.07. The lowest BCUT2D eigenvalue weighted by Gasteiger charge is -2.16. The van der Waals surface area contributed by atoms with Crippen LogP contribution >= 0.6 is 11.8 Å². The zero-order chi connectivity index (χ0) is 22.1. The SMILES string of the molecule is CCCCC(=O)Nc1cccc(SC(CC)C(=O)Nc2cc([N+](=O)[O-])ccc2C)c1. The average molecular weight is 430 g/mol. The molecule has 0 fully saturated rings. The zero-order valence-corrected chi connectivity index (χ0v) is 18.3. The van der Waals surface area contributed by atoms with E-state index in [9.17, 15) is 19.7 Å². The highest BCUT2D eigenvalue weighted by molar-refractivity contribution is 8.00. The first-order valence-corrected chi connectivity index (χ1v) is 10.8. The van der Waals surface area contributed by atoms with Crippen LogP contribution in [0, 0.1) is 17.0 Å². The van der Waals surface area contributed by atoms with Crippen LogP contribution in [0.2, 0.25) is 0 Å². The monoisotopic (exact) mass is 429 g/mol. The summed E-state index contributed by atoms with van der Waals surface area (Å²) in [6.45, 7) is 5.74. The molecular weight excluding hydrogens is 402 g/mol. The fraction of sp³-hybridized carbons (Fsp3) is 0.364. The Labute approximate surface area is 180 Å². The first-order valence-electron chi connectivity index (χ1n) is 9.96. The van der Waals surface area contributed by atoms with E-state index in [4.69, 9.17) is 0 Å². The van der Waals surface area contributed by atoms with Gasteiger partial charge in [0.15, 0.2) is 0 Å². The molecule has 8 heteroatoms. The number of rotatable bonds is 10. The molecule has 0 spiro atoms. The lowest BCUT2D eigenvalue weighted by Crippen LogP contribution is -2.25. The van der Waals surface area contributed by atoms with E-state index in [0.717, 1.165) is 23.3 Å². The van der Waals surface area contributed by atoms with Crippen molar-refractivity contribution in [2.24, 2.45) is 0 Å². The van der Waals surface area contributed by atoms with Gasteiger partial charge < -0.3 is 10.6 Å². The van der Waals surface area contributed by atoms with Crippen molar-refractivity contribution < 1.29 is 14.5 Å². The van der Waals surface area contributed by atoms with Crippen molar-refractivity contribution in [1.29, 1.82) is 0 Å². The molecule has 0 aliphatic carbocycles. The number of nitro benzene ring substituents is 1. The van der Waals surface area contributed by atoms with E-state index >= 15 is 0 Å². The lowest BCUT2D eigenvalue weighted by molar-refractivity contribution is -0.384. The van der Waals surface area contributed by atoms with Gasteiger partial charge >= 0.3 is 0 Å². The minimum absolute atomic E-state index is 0.0232. The molecular formula is C22H27N3O4S. The number of amides is 2. The summed E-state index contributed by atoms with van der Waals surface area (Å²) in [5.74, 6) is -0.242. The van der Waals surface area contributed by atoms with Gasteiger partial charge in [0.05, 0.1) is 15.9 Å². The van der Waals surface area contributed by atoms with Gasteiger partial charge in [0.2, 0.25) is 11.8 Å². The molecule has 30 heavy (non-hydrogen) atoms. The molecule has 1 atom stereocenters. The molecule has 0 aliphatic rings. The van der Waals surface area contributed by atoms with Gasteiger partial charge in [-0.15, -0.1) is 11.8 Å². The molecule has 0 bridgehead atoms. The van der Waals surface area contributed by atoms with E-state index in [1.165, 1.54) is 23.9 Å². The third-order valence-corrected chi connectivity index (χ3v) is 5.86. The molecule has 2 N–H and O–H groups in total. The largest absolute Gasteiger partial charge is 0.326 e. The van der Waals surface area contributed by atoms with Crippen LogP contribution in [0.4, 0.5) is 17.1 Å². The Bertz CT molecular complexity index is 917. The summed E-state index contributed by atoms with van der Waals surface area (Å²) in [6.07, 6.45) is 2.87. The highest BCUT2D eigenvalue weighted by atomic mass is 32.2. The number of thioether (sulfide) groups is 1. The normalized spacial score (nSPS) is 11.6. The lowest BCUT2D eigenvalue weighted by atomic mass is 10.1. The summed E-state index contributed by atoms with van der Waals surface area (Å²) in [5, 5.41) is 16.3. The fourth-order valence-electron chi connectivity index (χ4n) is 2.77. The predicted octanol–water partition coefficient (Wildman–Crippen LogP) is 5.54. The second kappa shape index (κ2) is 11.3. The molecule has 0 heterocycles. The van der Waals surface area contributed by atoms with E-state index in [1.54, 1.807) is 13.0 Å². The van der Waals surface area contributed by atoms with Crippen LogP contribution in [0.25, 0.3) is 0 Å². The number of nitrogens with zero attached hydrogens (tertiary/aromatic N) is 1. The third kappa shape index (κ3) is 6.88. The maximum absolute atomic E-state index is 12.8. The molecule has 0 aromatic heterocycles. The van der Waals surface area contributed by atoms with Crippen LogP contribution in [-0.2, 0) is 9.59 Å². The topological polar surface area (TPSA) is 101 Å². The summed E-state index contributed by atoms with van der Waals surface area (Å²) in [4.78, 5) is 36.1. The van der Waals surface area contributed by atoms with E-state index in [0.29, 0.717) is 24.2 Å². The molecule has 2 aromatic carbocycles. The molecule has 0 saturated heterocycles. The molecule has 7 nitrogen and oxygen atoms in total. The van der Waals surface area contributed by atoms with Gasteiger partial charge in [-0.05, 0) is 43.5 Å². The maximum atomic E-state index is 12.8. The van der Waals surface area contributed by atoms with Gasteiger partial charge in [-0.2, -0.15) is 0 Å². The molecule has 160 valence electrons. The zero-order valence-electron chi connectivity index (χ0n) is 17.4. The molecule has 2 aromatic rings. The van der Waals surface area contributed by atoms with Crippen molar-refractivity contribution in [3.63, 3.8) is 0 Å². The highest BCUT2D eigenvalue weighted by Gasteiger charge is 2.20. The number of nitrogens with one attached hydrogen (secondary N) is 2. The van der Waals surface area contributed by atoms with Gasteiger partial charge in [0.25, 0.3) is 5.69 Å². The Morgan fingerprint density at radius 2 is 1.90 bits per heavy atom. The number of non-ortho nitro benzene ring substituents is 1. The third-order valence-electron chi connectivity index (χ3n) is 4.51. The van der Waals surface area contributed by atoms with Crippen LogP contribution in [0.5, 0.6) is 0 Å². The summed E-state index contributed by atoms with van der Waals surface area (Å²) < 4.78 is 0.